The van der Waals surface area contributed by atoms with E-state index in [0.717, 1.165) is 16.9 Å². The quantitative estimate of drug-likeness (QED) is 0.637. The van der Waals surface area contributed by atoms with Gasteiger partial charge in [0, 0.05) is 17.8 Å². The van der Waals surface area contributed by atoms with E-state index in [0.29, 0.717) is 13.1 Å². The summed E-state index contributed by atoms with van der Waals surface area (Å²) in [6.07, 6.45) is 0.932. The summed E-state index contributed by atoms with van der Waals surface area (Å²) in [6, 6.07) is 16.9. The van der Waals surface area contributed by atoms with Gasteiger partial charge in [0.25, 0.3) is 5.91 Å². The first-order valence-corrected chi connectivity index (χ1v) is 10.3. The van der Waals surface area contributed by atoms with Crippen LogP contribution in [0.15, 0.2) is 48.5 Å². The molecular formula is C23H25NO2S. The second-order valence-electron chi connectivity index (χ2n) is 7.54. The van der Waals surface area contributed by atoms with E-state index in [2.05, 4.69) is 49.4 Å². The largest absolute Gasteiger partial charge is 0.372 e. The third-order valence-corrected chi connectivity index (χ3v) is 6.30. The van der Waals surface area contributed by atoms with E-state index in [4.69, 9.17) is 4.74 Å². The standard InChI is InChI=1S/C23H25NO2S/c1-15-8-10-18(11-9-15)12-20-19-6-4-5-7-21(19)27-22(20)23(25)24-13-16(2)26-17(3)14-24/h4-11,16-17H,12-14H2,1-3H3. The molecule has 0 N–H and O–H groups in total. The number of rotatable bonds is 3. The van der Waals surface area contributed by atoms with Gasteiger partial charge in [0.15, 0.2) is 0 Å². The fourth-order valence-corrected chi connectivity index (χ4v) is 5.03. The maximum Gasteiger partial charge on any atom is 0.264 e. The zero-order chi connectivity index (χ0) is 19.0. The lowest BCUT2D eigenvalue weighted by molar-refractivity contribution is -0.0585. The number of morpholine rings is 1. The van der Waals surface area contributed by atoms with Crippen molar-refractivity contribution < 1.29 is 9.53 Å². The zero-order valence-electron chi connectivity index (χ0n) is 16.1. The highest BCUT2D eigenvalue weighted by atomic mass is 32.1. The molecule has 2 heterocycles. The normalized spacial score (nSPS) is 20.2. The summed E-state index contributed by atoms with van der Waals surface area (Å²) < 4.78 is 6.99. The Morgan fingerprint density at radius 2 is 1.74 bits per heavy atom. The van der Waals surface area contributed by atoms with Gasteiger partial charge in [-0.2, -0.15) is 0 Å². The minimum absolute atomic E-state index is 0.0765. The van der Waals surface area contributed by atoms with Crippen LogP contribution in [0.3, 0.4) is 0 Å². The summed E-state index contributed by atoms with van der Waals surface area (Å²) in [7, 11) is 0. The van der Waals surface area contributed by atoms with E-state index in [1.165, 1.54) is 21.2 Å². The summed E-state index contributed by atoms with van der Waals surface area (Å²) in [5.41, 5.74) is 3.64. The smallest absolute Gasteiger partial charge is 0.264 e. The van der Waals surface area contributed by atoms with Crippen LogP contribution >= 0.6 is 11.3 Å². The van der Waals surface area contributed by atoms with Crippen molar-refractivity contribution in [3.05, 3.63) is 70.1 Å². The molecule has 27 heavy (non-hydrogen) atoms. The first-order chi connectivity index (χ1) is 13.0. The fourth-order valence-electron chi connectivity index (χ4n) is 3.84. The van der Waals surface area contributed by atoms with Crippen molar-refractivity contribution in [1.29, 1.82) is 0 Å². The molecular weight excluding hydrogens is 354 g/mol. The summed E-state index contributed by atoms with van der Waals surface area (Å²) >= 11 is 1.62. The van der Waals surface area contributed by atoms with Crippen LogP contribution in [0.1, 0.15) is 40.2 Å². The van der Waals surface area contributed by atoms with Gasteiger partial charge < -0.3 is 9.64 Å². The van der Waals surface area contributed by atoms with E-state index in [-0.39, 0.29) is 18.1 Å². The van der Waals surface area contributed by atoms with Gasteiger partial charge >= 0.3 is 0 Å². The number of benzene rings is 2. The van der Waals surface area contributed by atoms with Gasteiger partial charge in [0.2, 0.25) is 0 Å². The van der Waals surface area contributed by atoms with Crippen LogP contribution in [0.5, 0.6) is 0 Å². The van der Waals surface area contributed by atoms with E-state index in [1.54, 1.807) is 11.3 Å². The Kier molecular flexibility index (Phi) is 5.02. The first kappa shape index (κ1) is 18.2. The molecule has 0 aliphatic carbocycles. The topological polar surface area (TPSA) is 29.5 Å². The van der Waals surface area contributed by atoms with Gasteiger partial charge in [-0.05, 0) is 49.8 Å². The van der Waals surface area contributed by atoms with Crippen molar-refractivity contribution in [3.8, 4) is 0 Å². The first-order valence-electron chi connectivity index (χ1n) is 9.52. The molecule has 0 spiro atoms. The van der Waals surface area contributed by atoms with Crippen molar-refractivity contribution >= 4 is 27.3 Å². The number of hydrogen-bond donors (Lipinski definition) is 0. The Balaban J connectivity index is 1.73. The molecule has 2 unspecified atom stereocenters. The van der Waals surface area contributed by atoms with Gasteiger partial charge in [-0.25, -0.2) is 0 Å². The molecule has 3 nitrogen and oxygen atoms in total. The van der Waals surface area contributed by atoms with E-state index < -0.39 is 0 Å². The lowest BCUT2D eigenvalue weighted by atomic mass is 10.0. The Bertz CT molecular complexity index is 950. The number of ether oxygens (including phenoxy) is 1. The van der Waals surface area contributed by atoms with Crippen LogP contribution < -0.4 is 0 Å². The van der Waals surface area contributed by atoms with Crippen LogP contribution in [0.4, 0.5) is 0 Å². The number of amides is 1. The number of carbonyl (C=O) groups excluding carboxylic acids is 1. The Morgan fingerprint density at radius 1 is 1.07 bits per heavy atom. The molecule has 1 saturated heterocycles. The number of nitrogens with zero attached hydrogens (tertiary/aromatic N) is 1. The average Bonchev–Trinajstić information content (AvgIpc) is 3.01. The lowest BCUT2D eigenvalue weighted by Crippen LogP contribution is -2.48. The van der Waals surface area contributed by atoms with Crippen LogP contribution in [0, 0.1) is 6.92 Å². The number of fused-ring (bicyclic) bond motifs is 1. The Labute approximate surface area is 164 Å². The molecule has 140 valence electrons. The van der Waals surface area contributed by atoms with Crippen LogP contribution in [0.25, 0.3) is 10.1 Å². The number of thiophene rings is 1. The molecule has 3 aromatic rings. The van der Waals surface area contributed by atoms with Crippen LogP contribution in [0.2, 0.25) is 0 Å². The van der Waals surface area contributed by atoms with Crippen molar-refractivity contribution in [2.45, 2.75) is 39.4 Å². The molecule has 4 rings (SSSR count). The summed E-state index contributed by atoms with van der Waals surface area (Å²) in [6.45, 7) is 7.48. The molecule has 0 saturated carbocycles. The molecule has 2 atom stereocenters. The van der Waals surface area contributed by atoms with Crippen molar-refractivity contribution in [3.63, 3.8) is 0 Å². The van der Waals surface area contributed by atoms with Gasteiger partial charge in [-0.15, -0.1) is 11.3 Å². The maximum absolute atomic E-state index is 13.4. The third-order valence-electron chi connectivity index (χ3n) is 5.10. The van der Waals surface area contributed by atoms with Crippen LogP contribution in [-0.2, 0) is 11.2 Å². The van der Waals surface area contributed by atoms with E-state index in [9.17, 15) is 4.79 Å². The van der Waals surface area contributed by atoms with Crippen molar-refractivity contribution in [2.24, 2.45) is 0 Å². The predicted molar refractivity (Wildman–Crippen MR) is 112 cm³/mol. The Morgan fingerprint density at radius 3 is 2.44 bits per heavy atom. The fraction of sp³-hybridized carbons (Fsp3) is 0.348. The highest BCUT2D eigenvalue weighted by molar-refractivity contribution is 7.21. The second kappa shape index (κ2) is 7.45. The third kappa shape index (κ3) is 3.78. The molecule has 4 heteroatoms. The SMILES string of the molecule is Cc1ccc(Cc2c(C(=O)N3CC(C)OC(C)C3)sc3ccccc23)cc1. The van der Waals surface area contributed by atoms with Gasteiger partial charge in [-0.3, -0.25) is 4.79 Å². The molecule has 1 amide bonds. The van der Waals surface area contributed by atoms with E-state index >= 15 is 0 Å². The van der Waals surface area contributed by atoms with Crippen molar-refractivity contribution in [2.75, 3.05) is 13.1 Å². The Hall–Kier alpha value is -2.17. The summed E-state index contributed by atoms with van der Waals surface area (Å²) in [5.74, 6) is 0.139. The predicted octanol–water partition coefficient (Wildman–Crippen LogP) is 5.05. The number of carbonyl (C=O) groups is 1. The molecule has 0 bridgehead atoms. The maximum atomic E-state index is 13.4. The highest BCUT2D eigenvalue weighted by Crippen LogP contribution is 2.34. The molecule has 1 aliphatic rings. The zero-order valence-corrected chi connectivity index (χ0v) is 16.9. The van der Waals surface area contributed by atoms with Crippen molar-refractivity contribution in [1.82, 2.24) is 4.90 Å². The minimum Gasteiger partial charge on any atom is -0.372 e. The van der Waals surface area contributed by atoms with Gasteiger partial charge in [-0.1, -0.05) is 48.0 Å². The molecule has 1 fully saturated rings. The van der Waals surface area contributed by atoms with Gasteiger partial charge in [0.1, 0.15) is 0 Å². The summed E-state index contributed by atoms with van der Waals surface area (Å²) in [4.78, 5) is 16.2. The minimum atomic E-state index is 0.0765. The summed E-state index contributed by atoms with van der Waals surface area (Å²) in [5, 5.41) is 1.20. The molecule has 2 aromatic carbocycles. The molecule has 1 aliphatic heterocycles. The second-order valence-corrected chi connectivity index (χ2v) is 8.59. The molecule has 0 radical (unpaired) electrons. The molecule has 1 aromatic heterocycles. The number of aryl methyl sites for hydroxylation is 1. The van der Waals surface area contributed by atoms with Gasteiger partial charge in [0.05, 0.1) is 17.1 Å². The van der Waals surface area contributed by atoms with E-state index in [1.807, 2.05) is 24.8 Å². The monoisotopic (exact) mass is 379 g/mol. The van der Waals surface area contributed by atoms with Crippen LogP contribution in [-0.4, -0.2) is 36.1 Å². The lowest BCUT2D eigenvalue weighted by Gasteiger charge is -2.35. The average molecular weight is 380 g/mol. The highest BCUT2D eigenvalue weighted by Gasteiger charge is 2.29. The number of hydrogen-bond acceptors (Lipinski definition) is 3.